The molecule has 5 heteroatoms. The van der Waals surface area contributed by atoms with Crippen LogP contribution < -0.4 is 14.8 Å². The Labute approximate surface area is 147 Å². The summed E-state index contributed by atoms with van der Waals surface area (Å²) in [4.78, 5) is 24.9. The van der Waals surface area contributed by atoms with Crippen LogP contribution in [-0.2, 0) is 0 Å². The first-order valence-corrected chi connectivity index (χ1v) is 8.11. The fourth-order valence-electron chi connectivity index (χ4n) is 2.91. The molecule has 0 bridgehead atoms. The monoisotopic (exact) mass is 339 g/mol. The van der Waals surface area contributed by atoms with E-state index < -0.39 is 5.60 Å². The minimum Gasteiger partial charge on any atom is -0.495 e. The number of hydrogen-bond acceptors (Lipinski definition) is 4. The molecule has 0 radical (unpaired) electrons. The third-order valence-electron chi connectivity index (χ3n) is 4.12. The molecule has 1 aliphatic rings. The first kappa shape index (κ1) is 17.0. The van der Waals surface area contributed by atoms with E-state index in [2.05, 4.69) is 5.32 Å². The summed E-state index contributed by atoms with van der Waals surface area (Å²) in [6, 6.07) is 10.5. The first-order valence-electron chi connectivity index (χ1n) is 8.11. The molecule has 0 spiro atoms. The van der Waals surface area contributed by atoms with Crippen LogP contribution in [0.15, 0.2) is 36.4 Å². The number of ketones is 1. The van der Waals surface area contributed by atoms with Crippen molar-refractivity contribution in [2.75, 3.05) is 12.4 Å². The van der Waals surface area contributed by atoms with E-state index in [1.54, 1.807) is 31.4 Å². The molecule has 0 saturated carbocycles. The Morgan fingerprint density at radius 2 is 1.96 bits per heavy atom. The molecule has 5 nitrogen and oxygen atoms in total. The van der Waals surface area contributed by atoms with Crippen LogP contribution in [0.4, 0.5) is 5.69 Å². The predicted octanol–water partition coefficient (Wildman–Crippen LogP) is 4.00. The van der Waals surface area contributed by atoms with Crippen LogP contribution in [0.1, 0.15) is 46.5 Å². The summed E-state index contributed by atoms with van der Waals surface area (Å²) in [5, 5.41) is 2.84. The topological polar surface area (TPSA) is 64.6 Å². The quantitative estimate of drug-likeness (QED) is 0.918. The number of hydrogen-bond donors (Lipinski definition) is 1. The van der Waals surface area contributed by atoms with E-state index >= 15 is 0 Å². The summed E-state index contributed by atoms with van der Waals surface area (Å²) in [6.45, 7) is 5.68. The van der Waals surface area contributed by atoms with Crippen molar-refractivity contribution in [1.29, 1.82) is 0 Å². The molecule has 1 heterocycles. The van der Waals surface area contributed by atoms with Gasteiger partial charge in [-0.1, -0.05) is 6.07 Å². The van der Waals surface area contributed by atoms with Gasteiger partial charge in [-0.25, -0.2) is 0 Å². The number of aryl methyl sites for hydroxylation is 1. The zero-order valence-electron chi connectivity index (χ0n) is 14.8. The molecule has 0 atom stereocenters. The Morgan fingerprint density at radius 3 is 2.68 bits per heavy atom. The van der Waals surface area contributed by atoms with E-state index in [0.29, 0.717) is 28.3 Å². The van der Waals surface area contributed by atoms with Gasteiger partial charge in [-0.3, -0.25) is 9.59 Å². The highest BCUT2D eigenvalue weighted by molar-refractivity contribution is 6.08. The van der Waals surface area contributed by atoms with Crippen LogP contribution in [-0.4, -0.2) is 24.4 Å². The molecule has 130 valence electrons. The molecule has 1 amide bonds. The molecule has 1 aliphatic heterocycles. The van der Waals surface area contributed by atoms with Crippen LogP contribution >= 0.6 is 0 Å². The van der Waals surface area contributed by atoms with Crippen LogP contribution in [0.3, 0.4) is 0 Å². The van der Waals surface area contributed by atoms with Gasteiger partial charge in [0, 0.05) is 5.56 Å². The van der Waals surface area contributed by atoms with E-state index in [9.17, 15) is 9.59 Å². The van der Waals surface area contributed by atoms with Crippen LogP contribution in [0.2, 0.25) is 0 Å². The van der Waals surface area contributed by atoms with E-state index in [-0.39, 0.29) is 18.1 Å². The number of nitrogens with one attached hydrogen (secondary N) is 1. The highest BCUT2D eigenvalue weighted by atomic mass is 16.5. The third-order valence-corrected chi connectivity index (χ3v) is 4.12. The highest BCUT2D eigenvalue weighted by Crippen LogP contribution is 2.34. The Hall–Kier alpha value is -2.82. The minimum atomic E-state index is -0.525. The van der Waals surface area contributed by atoms with Gasteiger partial charge in [-0.05, 0) is 56.7 Å². The van der Waals surface area contributed by atoms with Crippen molar-refractivity contribution < 1.29 is 19.1 Å². The van der Waals surface area contributed by atoms with Crippen molar-refractivity contribution in [3.05, 3.63) is 53.1 Å². The maximum absolute atomic E-state index is 12.6. The van der Waals surface area contributed by atoms with Crippen molar-refractivity contribution in [2.45, 2.75) is 32.8 Å². The van der Waals surface area contributed by atoms with Gasteiger partial charge in [-0.2, -0.15) is 0 Å². The average molecular weight is 339 g/mol. The Morgan fingerprint density at radius 1 is 1.20 bits per heavy atom. The number of fused-ring (bicyclic) bond motifs is 1. The van der Waals surface area contributed by atoms with E-state index in [1.165, 1.54) is 0 Å². The Balaban J connectivity index is 1.88. The molecular weight excluding hydrogens is 318 g/mol. The number of carbonyl (C=O) groups excluding carboxylic acids is 2. The number of benzene rings is 2. The second-order valence-electron chi connectivity index (χ2n) is 6.83. The minimum absolute atomic E-state index is 0.0194. The van der Waals surface area contributed by atoms with E-state index in [4.69, 9.17) is 9.47 Å². The zero-order valence-corrected chi connectivity index (χ0v) is 14.8. The standard InChI is InChI=1S/C20H21NO4/c1-12-5-7-18(24-4)15(9-12)21-19(23)13-6-8-17-14(10-13)16(22)11-20(2,3)25-17/h5-10H,11H2,1-4H3,(H,21,23). The Kier molecular flexibility index (Phi) is 4.25. The maximum atomic E-state index is 12.6. The number of Topliss-reactive ketones (excluding diaryl/α,β-unsaturated/α-hetero) is 1. The van der Waals surface area contributed by atoms with Gasteiger partial charge in [0.1, 0.15) is 17.1 Å². The number of anilines is 1. The van der Waals surface area contributed by atoms with Gasteiger partial charge in [0.05, 0.1) is 24.8 Å². The lowest BCUT2D eigenvalue weighted by Gasteiger charge is -2.31. The number of carbonyl (C=O) groups is 2. The summed E-state index contributed by atoms with van der Waals surface area (Å²) in [7, 11) is 1.55. The van der Waals surface area contributed by atoms with Gasteiger partial charge < -0.3 is 14.8 Å². The van der Waals surface area contributed by atoms with E-state index in [1.807, 2.05) is 32.9 Å². The van der Waals surface area contributed by atoms with Crippen molar-refractivity contribution in [3.63, 3.8) is 0 Å². The fourth-order valence-corrected chi connectivity index (χ4v) is 2.91. The molecule has 1 N–H and O–H groups in total. The summed E-state index contributed by atoms with van der Waals surface area (Å²) in [6.07, 6.45) is 0.288. The molecule has 2 aromatic carbocycles. The average Bonchev–Trinajstić information content (AvgIpc) is 2.53. The SMILES string of the molecule is COc1ccc(C)cc1NC(=O)c1ccc2c(c1)C(=O)CC(C)(C)O2. The lowest BCUT2D eigenvalue weighted by Crippen LogP contribution is -2.36. The molecule has 0 aromatic heterocycles. The number of ether oxygens (including phenoxy) is 2. The summed E-state index contributed by atoms with van der Waals surface area (Å²) in [5.74, 6) is 0.780. The molecule has 3 rings (SSSR count). The molecule has 0 aliphatic carbocycles. The summed E-state index contributed by atoms with van der Waals surface area (Å²) < 4.78 is 11.1. The van der Waals surface area contributed by atoms with Crippen molar-refractivity contribution >= 4 is 17.4 Å². The van der Waals surface area contributed by atoms with Crippen molar-refractivity contribution in [1.82, 2.24) is 0 Å². The number of amides is 1. The Bertz CT molecular complexity index is 855. The van der Waals surface area contributed by atoms with Gasteiger partial charge in [0.2, 0.25) is 0 Å². The fraction of sp³-hybridized carbons (Fsp3) is 0.300. The summed E-state index contributed by atoms with van der Waals surface area (Å²) in [5.41, 5.74) is 1.92. The van der Waals surface area contributed by atoms with Crippen molar-refractivity contribution in [2.24, 2.45) is 0 Å². The maximum Gasteiger partial charge on any atom is 0.255 e. The van der Waals surface area contributed by atoms with Gasteiger partial charge in [-0.15, -0.1) is 0 Å². The van der Waals surface area contributed by atoms with Gasteiger partial charge >= 0.3 is 0 Å². The molecular formula is C20H21NO4. The lowest BCUT2D eigenvalue weighted by molar-refractivity contribution is 0.0620. The van der Waals surface area contributed by atoms with Gasteiger partial charge in [0.25, 0.3) is 5.91 Å². The number of methoxy groups -OCH3 is 1. The van der Waals surface area contributed by atoms with Gasteiger partial charge in [0.15, 0.2) is 5.78 Å². The zero-order chi connectivity index (χ0) is 18.2. The second kappa shape index (κ2) is 6.24. The third kappa shape index (κ3) is 3.50. The largest absolute Gasteiger partial charge is 0.495 e. The van der Waals surface area contributed by atoms with Crippen LogP contribution in [0, 0.1) is 6.92 Å². The van der Waals surface area contributed by atoms with Crippen LogP contribution in [0.25, 0.3) is 0 Å². The second-order valence-corrected chi connectivity index (χ2v) is 6.83. The smallest absolute Gasteiger partial charge is 0.255 e. The molecule has 0 fully saturated rings. The molecule has 2 aromatic rings. The molecule has 0 saturated heterocycles. The summed E-state index contributed by atoms with van der Waals surface area (Å²) >= 11 is 0. The first-order chi connectivity index (χ1) is 11.8. The highest BCUT2D eigenvalue weighted by Gasteiger charge is 2.32. The molecule has 25 heavy (non-hydrogen) atoms. The molecule has 0 unspecified atom stereocenters. The normalized spacial score (nSPS) is 15.1. The number of rotatable bonds is 3. The lowest BCUT2D eigenvalue weighted by atomic mass is 9.92. The van der Waals surface area contributed by atoms with E-state index in [0.717, 1.165) is 5.56 Å². The predicted molar refractivity (Wildman–Crippen MR) is 95.8 cm³/mol. The van der Waals surface area contributed by atoms with Crippen LogP contribution in [0.5, 0.6) is 11.5 Å². The van der Waals surface area contributed by atoms with Crippen molar-refractivity contribution in [3.8, 4) is 11.5 Å².